The smallest absolute Gasteiger partial charge is 0.191 e. The summed E-state index contributed by atoms with van der Waals surface area (Å²) < 4.78 is 0. The van der Waals surface area contributed by atoms with Gasteiger partial charge in [-0.05, 0) is 37.0 Å². The van der Waals surface area contributed by atoms with Gasteiger partial charge in [0.1, 0.15) is 5.82 Å². The molecule has 0 radical (unpaired) electrons. The first-order valence-corrected chi connectivity index (χ1v) is 6.84. The third kappa shape index (κ3) is 3.84. The van der Waals surface area contributed by atoms with Crippen molar-refractivity contribution in [2.75, 3.05) is 32.1 Å². The summed E-state index contributed by atoms with van der Waals surface area (Å²) in [6.07, 6.45) is 5.56. The van der Waals surface area contributed by atoms with E-state index in [-0.39, 0.29) is 0 Å². The molecule has 0 unspecified atom stereocenters. The number of aliphatic imine (C=N–C) groups is 1. The van der Waals surface area contributed by atoms with E-state index in [1.165, 1.54) is 19.3 Å². The lowest BCUT2D eigenvalue weighted by Gasteiger charge is -2.27. The lowest BCUT2D eigenvalue weighted by Crippen LogP contribution is -2.40. The Kier molecular flexibility index (Phi) is 4.60. The van der Waals surface area contributed by atoms with Crippen LogP contribution in [0.3, 0.4) is 0 Å². The van der Waals surface area contributed by atoms with Gasteiger partial charge in [0.2, 0.25) is 0 Å². The number of piperidine rings is 1. The van der Waals surface area contributed by atoms with Crippen molar-refractivity contribution in [2.45, 2.75) is 25.8 Å². The van der Waals surface area contributed by atoms with Crippen molar-refractivity contribution in [1.29, 1.82) is 0 Å². The molecule has 2 rings (SSSR count). The van der Waals surface area contributed by atoms with Crippen LogP contribution in [-0.4, -0.2) is 43.0 Å². The van der Waals surface area contributed by atoms with Crippen LogP contribution in [0.15, 0.2) is 23.3 Å². The zero-order valence-electron chi connectivity index (χ0n) is 11.8. The minimum atomic E-state index is 0.617. The molecule has 0 saturated carbocycles. The number of pyridine rings is 1. The normalized spacial score (nSPS) is 16.5. The quantitative estimate of drug-likeness (QED) is 0.661. The Bertz CT molecular complexity index is 435. The van der Waals surface area contributed by atoms with Gasteiger partial charge < -0.3 is 15.5 Å². The van der Waals surface area contributed by atoms with Gasteiger partial charge in [-0.25, -0.2) is 9.98 Å². The van der Waals surface area contributed by atoms with Crippen LogP contribution in [0.25, 0.3) is 0 Å². The molecule has 0 aliphatic carbocycles. The molecular formula is C14H23N5. The van der Waals surface area contributed by atoms with E-state index in [2.05, 4.69) is 14.9 Å². The molecule has 19 heavy (non-hydrogen) atoms. The summed E-state index contributed by atoms with van der Waals surface area (Å²) in [7, 11) is 3.97. The van der Waals surface area contributed by atoms with Crippen molar-refractivity contribution >= 4 is 11.8 Å². The number of hydrogen-bond donors (Lipinski definition) is 1. The lowest BCUT2D eigenvalue weighted by molar-refractivity contribution is 0.338. The molecule has 1 aliphatic rings. The Morgan fingerprint density at radius 2 is 2.11 bits per heavy atom. The van der Waals surface area contributed by atoms with E-state index in [4.69, 9.17) is 5.73 Å². The maximum Gasteiger partial charge on any atom is 0.191 e. The number of nitrogens with two attached hydrogens (primary N) is 1. The Balaban J connectivity index is 1.98. The lowest BCUT2D eigenvalue weighted by atomic mass is 10.1. The van der Waals surface area contributed by atoms with Gasteiger partial charge in [-0.15, -0.1) is 0 Å². The van der Waals surface area contributed by atoms with Crippen LogP contribution in [0.5, 0.6) is 0 Å². The Morgan fingerprint density at radius 1 is 1.37 bits per heavy atom. The summed E-state index contributed by atoms with van der Waals surface area (Å²) in [4.78, 5) is 12.9. The second-order valence-electron chi connectivity index (χ2n) is 5.14. The van der Waals surface area contributed by atoms with E-state index in [0.717, 1.165) is 24.5 Å². The number of guanidine groups is 1. The molecule has 0 spiro atoms. The van der Waals surface area contributed by atoms with Gasteiger partial charge in [0.15, 0.2) is 5.96 Å². The van der Waals surface area contributed by atoms with E-state index in [1.807, 2.05) is 37.3 Å². The molecule has 2 heterocycles. The predicted molar refractivity (Wildman–Crippen MR) is 79.3 cm³/mol. The fourth-order valence-electron chi connectivity index (χ4n) is 2.20. The fourth-order valence-corrected chi connectivity index (χ4v) is 2.20. The molecule has 5 nitrogen and oxygen atoms in total. The molecule has 1 aliphatic heterocycles. The summed E-state index contributed by atoms with van der Waals surface area (Å²) >= 11 is 0. The van der Waals surface area contributed by atoms with Crippen LogP contribution in [0.1, 0.15) is 24.8 Å². The van der Waals surface area contributed by atoms with Crippen molar-refractivity contribution in [2.24, 2.45) is 10.7 Å². The molecule has 5 heteroatoms. The number of nitrogens with zero attached hydrogens (tertiary/aromatic N) is 4. The second kappa shape index (κ2) is 6.41. The highest BCUT2D eigenvalue weighted by Crippen LogP contribution is 2.11. The van der Waals surface area contributed by atoms with E-state index in [0.29, 0.717) is 12.5 Å². The average molecular weight is 261 g/mol. The molecule has 1 aromatic rings. The molecule has 1 fully saturated rings. The summed E-state index contributed by atoms with van der Waals surface area (Å²) in [5.74, 6) is 1.62. The van der Waals surface area contributed by atoms with Crippen LogP contribution >= 0.6 is 0 Å². The maximum atomic E-state index is 6.04. The number of likely N-dealkylation sites (tertiary alicyclic amines) is 1. The van der Waals surface area contributed by atoms with Crippen LogP contribution in [0, 0.1) is 0 Å². The Labute approximate surface area is 115 Å². The largest absolute Gasteiger partial charge is 0.370 e. The van der Waals surface area contributed by atoms with Crippen molar-refractivity contribution in [1.82, 2.24) is 9.88 Å². The van der Waals surface area contributed by atoms with Gasteiger partial charge in [-0.3, -0.25) is 0 Å². The van der Waals surface area contributed by atoms with E-state index >= 15 is 0 Å². The molecule has 0 atom stereocenters. The maximum absolute atomic E-state index is 6.04. The van der Waals surface area contributed by atoms with Crippen molar-refractivity contribution in [3.63, 3.8) is 0 Å². The molecule has 104 valence electrons. The SMILES string of the molecule is CN(C)c1cc(CN=C(N)N2CCCCC2)ccn1. The monoisotopic (exact) mass is 261 g/mol. The summed E-state index contributed by atoms with van der Waals surface area (Å²) in [5, 5.41) is 0. The highest BCUT2D eigenvalue weighted by Gasteiger charge is 2.11. The van der Waals surface area contributed by atoms with Crippen LogP contribution in [-0.2, 0) is 6.54 Å². The van der Waals surface area contributed by atoms with Crippen LogP contribution in [0.4, 0.5) is 5.82 Å². The molecule has 1 aromatic heterocycles. The molecule has 0 aromatic carbocycles. The van der Waals surface area contributed by atoms with Gasteiger partial charge >= 0.3 is 0 Å². The number of hydrogen-bond acceptors (Lipinski definition) is 3. The third-order valence-corrected chi connectivity index (χ3v) is 3.37. The summed E-state index contributed by atoms with van der Waals surface area (Å²) in [6, 6.07) is 4.03. The second-order valence-corrected chi connectivity index (χ2v) is 5.14. The van der Waals surface area contributed by atoms with Crippen LogP contribution in [0.2, 0.25) is 0 Å². The topological polar surface area (TPSA) is 57.8 Å². The summed E-state index contributed by atoms with van der Waals surface area (Å²) in [5.41, 5.74) is 7.18. The highest BCUT2D eigenvalue weighted by molar-refractivity contribution is 5.78. The van der Waals surface area contributed by atoms with Crippen molar-refractivity contribution < 1.29 is 0 Å². The number of rotatable bonds is 3. The van der Waals surface area contributed by atoms with Gasteiger partial charge in [-0.1, -0.05) is 0 Å². The zero-order chi connectivity index (χ0) is 13.7. The third-order valence-electron chi connectivity index (χ3n) is 3.37. The standard InChI is InChI=1S/C14H23N5/c1-18(2)13-10-12(6-7-16-13)11-17-14(15)19-8-4-3-5-9-19/h6-7,10H,3-5,8-9,11H2,1-2H3,(H2,15,17). The summed E-state index contributed by atoms with van der Waals surface area (Å²) in [6.45, 7) is 2.69. The molecule has 0 amide bonds. The minimum Gasteiger partial charge on any atom is -0.370 e. The van der Waals surface area contributed by atoms with E-state index in [9.17, 15) is 0 Å². The molecule has 0 bridgehead atoms. The first kappa shape index (κ1) is 13.6. The fraction of sp³-hybridized carbons (Fsp3) is 0.571. The van der Waals surface area contributed by atoms with Crippen molar-refractivity contribution in [3.05, 3.63) is 23.9 Å². The van der Waals surface area contributed by atoms with Crippen molar-refractivity contribution in [3.8, 4) is 0 Å². The van der Waals surface area contributed by atoms with Gasteiger partial charge in [0, 0.05) is 33.4 Å². The molecule has 2 N–H and O–H groups in total. The van der Waals surface area contributed by atoms with Gasteiger partial charge in [0.05, 0.1) is 6.54 Å². The Hall–Kier alpha value is -1.78. The molecule has 1 saturated heterocycles. The predicted octanol–water partition coefficient (Wildman–Crippen LogP) is 1.45. The number of aromatic nitrogens is 1. The molecular weight excluding hydrogens is 238 g/mol. The average Bonchev–Trinajstić information content (AvgIpc) is 2.46. The first-order chi connectivity index (χ1) is 9.16. The van der Waals surface area contributed by atoms with Gasteiger partial charge in [-0.2, -0.15) is 0 Å². The minimum absolute atomic E-state index is 0.617. The Morgan fingerprint density at radius 3 is 2.79 bits per heavy atom. The van der Waals surface area contributed by atoms with Crippen LogP contribution < -0.4 is 10.6 Å². The van der Waals surface area contributed by atoms with E-state index < -0.39 is 0 Å². The van der Waals surface area contributed by atoms with Gasteiger partial charge in [0.25, 0.3) is 0 Å². The highest BCUT2D eigenvalue weighted by atomic mass is 15.2. The zero-order valence-corrected chi connectivity index (χ0v) is 11.8. The number of anilines is 1. The van der Waals surface area contributed by atoms with E-state index in [1.54, 1.807) is 0 Å². The first-order valence-electron chi connectivity index (χ1n) is 6.84.